The summed E-state index contributed by atoms with van der Waals surface area (Å²) in [4.78, 5) is 0. The highest BCUT2D eigenvalue weighted by Crippen LogP contribution is 2.31. The number of hydrogen-bond donors (Lipinski definition) is 4. The SMILES string of the molecule is Oc1ccc(/C=C/c2ccc(-c3ccc(O)c(O)c3)cc2F)cc1O. The second-order valence-corrected chi connectivity index (χ2v) is 5.52. The molecule has 25 heavy (non-hydrogen) atoms. The standard InChI is InChI=1S/C20H15FO4/c21-16-10-14(15-6-8-18(23)20(25)11-15)5-4-13(16)3-1-12-2-7-17(22)19(24)9-12/h1-11,22-25H/b3-1+. The Labute approximate surface area is 143 Å². The highest BCUT2D eigenvalue weighted by molar-refractivity contribution is 5.74. The summed E-state index contributed by atoms with van der Waals surface area (Å²) in [6, 6.07) is 13.2. The number of benzene rings is 3. The number of phenols is 4. The van der Waals surface area contributed by atoms with E-state index in [-0.39, 0.29) is 23.0 Å². The van der Waals surface area contributed by atoms with Crippen molar-refractivity contribution in [3.8, 4) is 34.1 Å². The molecule has 0 fully saturated rings. The average molecular weight is 338 g/mol. The lowest BCUT2D eigenvalue weighted by Gasteiger charge is -2.06. The maximum atomic E-state index is 14.3. The van der Waals surface area contributed by atoms with Crippen molar-refractivity contribution in [1.29, 1.82) is 0 Å². The van der Waals surface area contributed by atoms with Gasteiger partial charge in [0.15, 0.2) is 23.0 Å². The molecule has 0 amide bonds. The Morgan fingerprint density at radius 1 is 0.600 bits per heavy atom. The highest BCUT2D eigenvalue weighted by atomic mass is 19.1. The molecule has 4 N–H and O–H groups in total. The van der Waals surface area contributed by atoms with Crippen molar-refractivity contribution in [3.63, 3.8) is 0 Å². The van der Waals surface area contributed by atoms with Gasteiger partial charge in [-0.1, -0.05) is 36.4 Å². The van der Waals surface area contributed by atoms with E-state index in [0.717, 1.165) is 0 Å². The summed E-state index contributed by atoms with van der Waals surface area (Å²) < 4.78 is 14.3. The van der Waals surface area contributed by atoms with E-state index >= 15 is 0 Å². The van der Waals surface area contributed by atoms with Gasteiger partial charge in [-0.2, -0.15) is 0 Å². The molecule has 5 heteroatoms. The van der Waals surface area contributed by atoms with Gasteiger partial charge in [0.25, 0.3) is 0 Å². The number of rotatable bonds is 3. The molecule has 0 unspecified atom stereocenters. The second kappa shape index (κ2) is 6.57. The summed E-state index contributed by atoms with van der Waals surface area (Å²) in [6.45, 7) is 0. The van der Waals surface area contributed by atoms with E-state index in [2.05, 4.69) is 0 Å². The molecule has 0 bridgehead atoms. The average Bonchev–Trinajstić information content (AvgIpc) is 2.59. The van der Waals surface area contributed by atoms with Crippen molar-refractivity contribution >= 4 is 12.2 Å². The van der Waals surface area contributed by atoms with Gasteiger partial charge in [0.05, 0.1) is 0 Å². The zero-order valence-electron chi connectivity index (χ0n) is 13.0. The van der Waals surface area contributed by atoms with Crippen LogP contribution in [-0.4, -0.2) is 20.4 Å². The Balaban J connectivity index is 1.87. The fraction of sp³-hybridized carbons (Fsp3) is 0. The maximum absolute atomic E-state index is 14.3. The number of hydrogen-bond acceptors (Lipinski definition) is 4. The Bertz CT molecular complexity index is 964. The first-order valence-corrected chi connectivity index (χ1v) is 7.46. The van der Waals surface area contributed by atoms with Crippen molar-refractivity contribution in [2.24, 2.45) is 0 Å². The van der Waals surface area contributed by atoms with Crippen LogP contribution < -0.4 is 0 Å². The van der Waals surface area contributed by atoms with Crippen LogP contribution in [0.15, 0.2) is 54.6 Å². The molecule has 0 aliphatic rings. The molecule has 0 atom stereocenters. The number of halogens is 1. The van der Waals surface area contributed by atoms with E-state index < -0.39 is 5.82 Å². The summed E-state index contributed by atoms with van der Waals surface area (Å²) in [5.74, 6) is -1.42. The van der Waals surface area contributed by atoms with Gasteiger partial charge < -0.3 is 20.4 Å². The van der Waals surface area contributed by atoms with Crippen LogP contribution in [0.5, 0.6) is 23.0 Å². The lowest BCUT2D eigenvalue weighted by atomic mass is 10.0. The third-order valence-corrected chi connectivity index (χ3v) is 3.76. The third-order valence-electron chi connectivity index (χ3n) is 3.76. The van der Waals surface area contributed by atoms with Crippen LogP contribution in [0.4, 0.5) is 4.39 Å². The topological polar surface area (TPSA) is 80.9 Å². The van der Waals surface area contributed by atoms with Crippen LogP contribution >= 0.6 is 0 Å². The van der Waals surface area contributed by atoms with Gasteiger partial charge in [-0.05, 0) is 47.0 Å². The molecule has 126 valence electrons. The zero-order valence-corrected chi connectivity index (χ0v) is 13.0. The minimum Gasteiger partial charge on any atom is -0.504 e. The summed E-state index contributed by atoms with van der Waals surface area (Å²) in [7, 11) is 0. The Morgan fingerprint density at radius 3 is 1.84 bits per heavy atom. The maximum Gasteiger partial charge on any atom is 0.158 e. The van der Waals surface area contributed by atoms with Crippen LogP contribution in [0, 0.1) is 5.82 Å². The molecular formula is C20H15FO4. The Hall–Kier alpha value is -3.47. The normalized spacial score (nSPS) is 11.1. The zero-order chi connectivity index (χ0) is 18.0. The molecule has 0 saturated carbocycles. The molecule has 3 aromatic carbocycles. The second-order valence-electron chi connectivity index (χ2n) is 5.52. The van der Waals surface area contributed by atoms with Gasteiger partial charge >= 0.3 is 0 Å². The van der Waals surface area contributed by atoms with E-state index in [1.54, 1.807) is 36.4 Å². The van der Waals surface area contributed by atoms with Gasteiger partial charge in [0, 0.05) is 5.56 Å². The molecule has 3 aromatic rings. The molecule has 0 heterocycles. The number of aromatic hydroxyl groups is 4. The Kier molecular flexibility index (Phi) is 4.31. The van der Waals surface area contributed by atoms with E-state index in [0.29, 0.717) is 22.3 Å². The molecule has 3 rings (SSSR count). The van der Waals surface area contributed by atoms with Gasteiger partial charge in [-0.3, -0.25) is 0 Å². The van der Waals surface area contributed by atoms with Crippen molar-refractivity contribution < 1.29 is 24.8 Å². The third kappa shape index (κ3) is 3.55. The van der Waals surface area contributed by atoms with Crippen molar-refractivity contribution in [1.82, 2.24) is 0 Å². The first-order valence-electron chi connectivity index (χ1n) is 7.46. The quantitative estimate of drug-likeness (QED) is 0.419. The fourth-order valence-electron chi connectivity index (χ4n) is 2.37. The molecule has 0 saturated heterocycles. The Morgan fingerprint density at radius 2 is 1.20 bits per heavy atom. The summed E-state index contributed by atoms with van der Waals surface area (Å²) >= 11 is 0. The fourth-order valence-corrected chi connectivity index (χ4v) is 2.37. The van der Waals surface area contributed by atoms with Gasteiger partial charge in [-0.15, -0.1) is 0 Å². The number of phenolic OH excluding ortho intramolecular Hbond substituents is 4. The molecular weight excluding hydrogens is 323 g/mol. The van der Waals surface area contributed by atoms with E-state index in [1.807, 2.05) is 0 Å². The lowest BCUT2D eigenvalue weighted by molar-refractivity contribution is 0.403. The van der Waals surface area contributed by atoms with E-state index in [4.69, 9.17) is 0 Å². The van der Waals surface area contributed by atoms with E-state index in [9.17, 15) is 24.8 Å². The molecule has 0 aliphatic heterocycles. The molecule has 0 aliphatic carbocycles. The van der Waals surface area contributed by atoms with Crippen molar-refractivity contribution in [3.05, 3.63) is 71.5 Å². The van der Waals surface area contributed by atoms with Crippen LogP contribution in [0.3, 0.4) is 0 Å². The van der Waals surface area contributed by atoms with Gasteiger partial charge in [0.2, 0.25) is 0 Å². The predicted molar refractivity (Wildman–Crippen MR) is 93.9 cm³/mol. The molecule has 4 nitrogen and oxygen atoms in total. The summed E-state index contributed by atoms with van der Waals surface area (Å²) in [6.07, 6.45) is 3.17. The first-order chi connectivity index (χ1) is 11.9. The van der Waals surface area contributed by atoms with Gasteiger partial charge in [-0.25, -0.2) is 4.39 Å². The largest absolute Gasteiger partial charge is 0.504 e. The summed E-state index contributed by atoms with van der Waals surface area (Å²) in [5.41, 5.74) is 2.10. The molecule has 0 aromatic heterocycles. The molecule has 0 radical (unpaired) electrons. The van der Waals surface area contributed by atoms with E-state index in [1.165, 1.54) is 30.3 Å². The predicted octanol–water partition coefficient (Wildman–Crippen LogP) is 4.49. The highest BCUT2D eigenvalue weighted by Gasteiger charge is 2.06. The monoisotopic (exact) mass is 338 g/mol. The van der Waals surface area contributed by atoms with Crippen LogP contribution in [0.1, 0.15) is 11.1 Å². The van der Waals surface area contributed by atoms with Crippen LogP contribution in [0.25, 0.3) is 23.3 Å². The van der Waals surface area contributed by atoms with Crippen LogP contribution in [-0.2, 0) is 0 Å². The van der Waals surface area contributed by atoms with Crippen molar-refractivity contribution in [2.45, 2.75) is 0 Å². The van der Waals surface area contributed by atoms with Crippen LogP contribution in [0.2, 0.25) is 0 Å². The minimum atomic E-state index is -0.454. The van der Waals surface area contributed by atoms with Gasteiger partial charge in [0.1, 0.15) is 5.82 Å². The summed E-state index contributed by atoms with van der Waals surface area (Å²) in [5, 5.41) is 37.6. The smallest absolute Gasteiger partial charge is 0.158 e. The first kappa shape index (κ1) is 16.4. The lowest BCUT2D eigenvalue weighted by Crippen LogP contribution is -1.85. The minimum absolute atomic E-state index is 0.218. The molecule has 0 spiro atoms. The van der Waals surface area contributed by atoms with Crippen molar-refractivity contribution in [2.75, 3.05) is 0 Å².